The van der Waals surface area contributed by atoms with Crippen LogP contribution in [0.1, 0.15) is 37.3 Å². The molecule has 0 aliphatic carbocycles. The van der Waals surface area contributed by atoms with Gasteiger partial charge in [-0.1, -0.05) is 25.8 Å². The summed E-state index contributed by atoms with van der Waals surface area (Å²) >= 11 is 0. The largest absolute Gasteiger partial charge is 0.480 e. The zero-order chi connectivity index (χ0) is 16.0. The molecule has 0 heterocycles. The molecule has 0 fully saturated rings. The first-order chi connectivity index (χ1) is 9.81. The zero-order valence-corrected chi connectivity index (χ0v) is 12.8. The van der Waals surface area contributed by atoms with E-state index in [0.717, 1.165) is 6.42 Å². The van der Waals surface area contributed by atoms with E-state index in [2.05, 4.69) is 4.72 Å². The molecule has 1 unspecified atom stereocenters. The number of sulfonamides is 1. The van der Waals surface area contributed by atoms with Gasteiger partial charge in [0.15, 0.2) is 0 Å². The number of carboxylic acid groups (broad SMARTS) is 1. The predicted octanol–water partition coefficient (Wildman–Crippen LogP) is 1.79. The fraction of sp³-hybridized carbons (Fsp3) is 0.429. The molecule has 0 radical (unpaired) electrons. The van der Waals surface area contributed by atoms with Crippen LogP contribution >= 0.6 is 0 Å². The zero-order valence-electron chi connectivity index (χ0n) is 12.0. The Bertz CT molecular complexity index is 662. The van der Waals surface area contributed by atoms with Crippen molar-refractivity contribution < 1.29 is 18.3 Å². The average molecular weight is 310 g/mol. The molecular weight excluding hydrogens is 292 g/mol. The maximum Gasteiger partial charge on any atom is 0.321 e. The Kier molecular flexibility index (Phi) is 5.88. The van der Waals surface area contributed by atoms with Gasteiger partial charge in [0.05, 0.1) is 16.5 Å². The van der Waals surface area contributed by atoms with Gasteiger partial charge in [0.25, 0.3) is 0 Å². The molecule has 0 spiro atoms. The highest BCUT2D eigenvalue weighted by molar-refractivity contribution is 7.89. The summed E-state index contributed by atoms with van der Waals surface area (Å²) in [5.74, 6) is -1.21. The molecule has 1 aromatic rings. The lowest BCUT2D eigenvalue weighted by Crippen LogP contribution is -2.40. The molecule has 0 aromatic heterocycles. The quantitative estimate of drug-likeness (QED) is 0.798. The number of carbonyl (C=O) groups is 1. The second-order valence-corrected chi connectivity index (χ2v) is 6.43. The molecule has 1 aromatic carbocycles. The van der Waals surface area contributed by atoms with Gasteiger partial charge in [0.1, 0.15) is 6.04 Å². The number of rotatable bonds is 7. The van der Waals surface area contributed by atoms with Gasteiger partial charge >= 0.3 is 5.97 Å². The molecule has 2 N–H and O–H groups in total. The fourth-order valence-electron chi connectivity index (χ4n) is 1.85. The summed E-state index contributed by atoms with van der Waals surface area (Å²) in [6.45, 7) is 3.49. The van der Waals surface area contributed by atoms with Crippen LogP contribution in [-0.2, 0) is 14.8 Å². The van der Waals surface area contributed by atoms with E-state index in [4.69, 9.17) is 10.4 Å². The van der Waals surface area contributed by atoms with Gasteiger partial charge in [-0.2, -0.15) is 9.98 Å². The van der Waals surface area contributed by atoms with Crippen molar-refractivity contribution in [2.75, 3.05) is 0 Å². The smallest absolute Gasteiger partial charge is 0.321 e. The maximum atomic E-state index is 12.3. The Morgan fingerprint density at radius 3 is 2.67 bits per heavy atom. The van der Waals surface area contributed by atoms with E-state index in [1.807, 2.05) is 13.0 Å². The van der Waals surface area contributed by atoms with Gasteiger partial charge in [-0.25, -0.2) is 8.42 Å². The van der Waals surface area contributed by atoms with Crippen molar-refractivity contribution in [3.8, 4) is 6.07 Å². The molecule has 0 amide bonds. The summed E-state index contributed by atoms with van der Waals surface area (Å²) in [5, 5.41) is 17.9. The SMILES string of the molecule is CCCCC(NS(=O)(=O)c1cc(C#N)ccc1C)C(=O)O. The van der Waals surface area contributed by atoms with Crippen molar-refractivity contribution in [2.24, 2.45) is 0 Å². The van der Waals surface area contributed by atoms with Gasteiger partial charge in [-0.15, -0.1) is 0 Å². The molecule has 0 aliphatic rings. The highest BCUT2D eigenvalue weighted by Gasteiger charge is 2.26. The van der Waals surface area contributed by atoms with Crippen LogP contribution in [-0.4, -0.2) is 25.5 Å². The second-order valence-electron chi connectivity index (χ2n) is 4.75. The summed E-state index contributed by atoms with van der Waals surface area (Å²) in [5.41, 5.74) is 0.669. The van der Waals surface area contributed by atoms with Crippen molar-refractivity contribution in [3.63, 3.8) is 0 Å². The van der Waals surface area contributed by atoms with E-state index < -0.39 is 22.0 Å². The highest BCUT2D eigenvalue weighted by atomic mass is 32.2. The van der Waals surface area contributed by atoms with Crippen molar-refractivity contribution in [3.05, 3.63) is 29.3 Å². The molecule has 1 rings (SSSR count). The van der Waals surface area contributed by atoms with Crippen LogP contribution in [0.3, 0.4) is 0 Å². The lowest BCUT2D eigenvalue weighted by Gasteiger charge is -2.15. The number of hydrogen-bond donors (Lipinski definition) is 2. The van der Waals surface area contributed by atoms with Crippen LogP contribution in [0, 0.1) is 18.3 Å². The van der Waals surface area contributed by atoms with Gasteiger partial charge < -0.3 is 5.11 Å². The van der Waals surface area contributed by atoms with Crippen LogP contribution < -0.4 is 4.72 Å². The van der Waals surface area contributed by atoms with Crippen LogP contribution in [0.15, 0.2) is 23.1 Å². The van der Waals surface area contributed by atoms with Crippen molar-refractivity contribution in [1.29, 1.82) is 5.26 Å². The first-order valence-corrected chi connectivity index (χ1v) is 8.06. The maximum absolute atomic E-state index is 12.3. The summed E-state index contributed by atoms with van der Waals surface area (Å²) < 4.78 is 26.8. The topological polar surface area (TPSA) is 107 Å². The van der Waals surface area contributed by atoms with Crippen molar-refractivity contribution in [1.82, 2.24) is 4.72 Å². The van der Waals surface area contributed by atoms with Crippen LogP contribution in [0.2, 0.25) is 0 Å². The number of nitrogens with one attached hydrogen (secondary N) is 1. The second kappa shape index (κ2) is 7.20. The van der Waals surface area contributed by atoms with E-state index in [1.165, 1.54) is 18.2 Å². The van der Waals surface area contributed by atoms with E-state index >= 15 is 0 Å². The Hall–Kier alpha value is -1.91. The normalized spacial score (nSPS) is 12.6. The van der Waals surface area contributed by atoms with E-state index in [0.29, 0.717) is 12.0 Å². The Morgan fingerprint density at radius 1 is 1.48 bits per heavy atom. The first-order valence-electron chi connectivity index (χ1n) is 6.57. The Labute approximate surface area is 124 Å². The van der Waals surface area contributed by atoms with Crippen LogP contribution in [0.5, 0.6) is 0 Å². The molecule has 0 bridgehead atoms. The number of carboxylic acids is 1. The molecule has 0 aliphatic heterocycles. The third-order valence-corrected chi connectivity index (χ3v) is 4.66. The minimum absolute atomic E-state index is 0.0655. The molecular formula is C14H18N2O4S. The average Bonchev–Trinajstić information content (AvgIpc) is 2.43. The lowest BCUT2D eigenvalue weighted by molar-refractivity contribution is -0.139. The van der Waals surface area contributed by atoms with Gasteiger partial charge in [0, 0.05) is 0 Å². The van der Waals surface area contributed by atoms with Gasteiger partial charge in [-0.05, 0) is 31.0 Å². The number of nitrogens with zero attached hydrogens (tertiary/aromatic N) is 1. The highest BCUT2D eigenvalue weighted by Crippen LogP contribution is 2.18. The summed E-state index contributed by atoms with van der Waals surface area (Å²) in [7, 11) is -3.98. The number of nitriles is 1. The molecule has 21 heavy (non-hydrogen) atoms. The molecule has 6 nitrogen and oxygen atoms in total. The fourth-order valence-corrected chi connectivity index (χ4v) is 3.35. The molecule has 0 saturated heterocycles. The number of aryl methyl sites for hydroxylation is 1. The minimum atomic E-state index is -3.98. The van der Waals surface area contributed by atoms with E-state index in [1.54, 1.807) is 6.92 Å². The molecule has 7 heteroatoms. The predicted molar refractivity (Wildman–Crippen MR) is 77.2 cm³/mol. The first kappa shape index (κ1) is 17.1. The molecule has 1 atom stereocenters. The number of hydrogen-bond acceptors (Lipinski definition) is 4. The van der Waals surface area contributed by atoms with E-state index in [-0.39, 0.29) is 16.9 Å². The summed E-state index contributed by atoms with van der Waals surface area (Å²) in [6, 6.07) is 4.99. The summed E-state index contributed by atoms with van der Waals surface area (Å²) in [4.78, 5) is 11.1. The number of benzene rings is 1. The molecule has 0 saturated carbocycles. The van der Waals surface area contributed by atoms with Gasteiger partial charge in [-0.3, -0.25) is 4.79 Å². The standard InChI is InChI=1S/C14H18N2O4S/c1-3-4-5-12(14(17)18)16-21(19,20)13-8-11(9-15)7-6-10(13)2/h6-8,12,16H,3-5H2,1-2H3,(H,17,18). The number of aliphatic carboxylic acids is 1. The third-order valence-electron chi connectivity index (χ3n) is 3.05. The van der Waals surface area contributed by atoms with Crippen molar-refractivity contribution in [2.45, 2.75) is 44.0 Å². The third kappa shape index (κ3) is 4.55. The minimum Gasteiger partial charge on any atom is -0.480 e. The monoisotopic (exact) mass is 310 g/mol. The van der Waals surface area contributed by atoms with Gasteiger partial charge in [0.2, 0.25) is 10.0 Å². The van der Waals surface area contributed by atoms with Crippen LogP contribution in [0.4, 0.5) is 0 Å². The Balaban J connectivity index is 3.10. The summed E-state index contributed by atoms with van der Waals surface area (Å²) in [6.07, 6.45) is 1.60. The van der Waals surface area contributed by atoms with Crippen molar-refractivity contribution >= 4 is 16.0 Å². The van der Waals surface area contributed by atoms with Crippen LogP contribution in [0.25, 0.3) is 0 Å². The van der Waals surface area contributed by atoms with E-state index in [9.17, 15) is 13.2 Å². The Morgan fingerprint density at radius 2 is 2.14 bits per heavy atom. The number of unbranched alkanes of at least 4 members (excludes halogenated alkanes) is 1. The lowest BCUT2D eigenvalue weighted by atomic mass is 10.1. The molecule has 114 valence electrons.